The lowest BCUT2D eigenvalue weighted by Crippen LogP contribution is -2.00. The van der Waals surface area contributed by atoms with Crippen molar-refractivity contribution in [1.82, 2.24) is 19.9 Å². The fourth-order valence-electron chi connectivity index (χ4n) is 7.24. The molecule has 0 spiro atoms. The summed E-state index contributed by atoms with van der Waals surface area (Å²) in [7, 11) is 0. The number of hydrogen-bond acceptors (Lipinski definition) is 3. The molecule has 2 heterocycles. The van der Waals surface area contributed by atoms with Crippen LogP contribution in [0.3, 0.4) is 0 Å². The number of nitrogens with one attached hydrogen (secondary N) is 1. The van der Waals surface area contributed by atoms with Gasteiger partial charge in [-0.1, -0.05) is 121 Å². The minimum Gasteiger partial charge on any atom is -0.354 e. The van der Waals surface area contributed by atoms with Gasteiger partial charge in [-0.3, -0.25) is 0 Å². The molecule has 0 aliphatic heterocycles. The molecule has 10 rings (SSSR count). The van der Waals surface area contributed by atoms with Crippen LogP contribution >= 0.6 is 0 Å². The van der Waals surface area contributed by atoms with Crippen LogP contribution in [0.2, 0.25) is 0 Å². The SMILES string of the molecule is c1ccc(-c2ccc3[nH]c4cccc(-c5nc(-c6ccccc6)nc(-c6cc7c8c(cccc8c6)-c6ccccc6-7)n5)c4c3c2)cc1. The Kier molecular flexibility index (Phi) is 5.54. The topological polar surface area (TPSA) is 54.5 Å². The van der Waals surface area contributed by atoms with Crippen LogP contribution in [-0.2, 0) is 0 Å². The molecule has 0 atom stereocenters. The van der Waals surface area contributed by atoms with Gasteiger partial charge in [0.15, 0.2) is 17.5 Å². The molecular weight excluding hydrogens is 573 g/mol. The molecule has 0 amide bonds. The van der Waals surface area contributed by atoms with Crippen LogP contribution in [0.25, 0.3) is 100 Å². The van der Waals surface area contributed by atoms with Crippen molar-refractivity contribution in [1.29, 1.82) is 0 Å². The van der Waals surface area contributed by atoms with E-state index in [9.17, 15) is 0 Å². The molecule has 1 aliphatic carbocycles. The number of fused-ring (bicyclic) bond motifs is 6. The predicted octanol–water partition coefficient (Wildman–Crippen LogP) is 11.0. The first-order valence-electron chi connectivity index (χ1n) is 15.9. The van der Waals surface area contributed by atoms with Crippen molar-refractivity contribution in [2.24, 2.45) is 0 Å². The van der Waals surface area contributed by atoms with Crippen molar-refractivity contribution in [2.75, 3.05) is 0 Å². The predicted molar refractivity (Wildman–Crippen MR) is 193 cm³/mol. The van der Waals surface area contributed by atoms with Gasteiger partial charge in [0.25, 0.3) is 0 Å². The molecule has 0 saturated carbocycles. The summed E-state index contributed by atoms with van der Waals surface area (Å²) in [6.45, 7) is 0. The van der Waals surface area contributed by atoms with Crippen LogP contribution in [0.15, 0.2) is 152 Å². The summed E-state index contributed by atoms with van der Waals surface area (Å²) in [5.41, 5.74) is 12.4. The second kappa shape index (κ2) is 10.1. The molecule has 0 unspecified atom stereocenters. The van der Waals surface area contributed by atoms with Crippen LogP contribution in [-0.4, -0.2) is 19.9 Å². The van der Waals surface area contributed by atoms with Crippen LogP contribution in [0.5, 0.6) is 0 Å². The zero-order valence-corrected chi connectivity index (χ0v) is 25.3. The quantitative estimate of drug-likeness (QED) is 0.219. The summed E-state index contributed by atoms with van der Waals surface area (Å²) in [4.78, 5) is 19.1. The molecule has 1 N–H and O–H groups in total. The van der Waals surface area contributed by atoms with E-state index < -0.39 is 0 Å². The van der Waals surface area contributed by atoms with Gasteiger partial charge in [0.05, 0.1) is 0 Å². The van der Waals surface area contributed by atoms with E-state index in [1.807, 2.05) is 18.2 Å². The largest absolute Gasteiger partial charge is 0.354 e. The van der Waals surface area contributed by atoms with Gasteiger partial charge in [0.1, 0.15) is 0 Å². The van der Waals surface area contributed by atoms with Gasteiger partial charge < -0.3 is 4.98 Å². The number of aromatic amines is 1. The van der Waals surface area contributed by atoms with Crippen molar-refractivity contribution in [3.8, 4) is 67.5 Å². The van der Waals surface area contributed by atoms with Gasteiger partial charge in [-0.2, -0.15) is 0 Å². The molecule has 0 radical (unpaired) electrons. The van der Waals surface area contributed by atoms with E-state index >= 15 is 0 Å². The van der Waals surface area contributed by atoms with Gasteiger partial charge in [-0.25, -0.2) is 15.0 Å². The highest BCUT2D eigenvalue weighted by atomic mass is 15.0. The van der Waals surface area contributed by atoms with E-state index in [1.54, 1.807) is 0 Å². The third-order valence-electron chi connectivity index (χ3n) is 9.38. The first-order valence-corrected chi connectivity index (χ1v) is 15.9. The summed E-state index contributed by atoms with van der Waals surface area (Å²) in [5.74, 6) is 1.96. The highest BCUT2D eigenvalue weighted by molar-refractivity contribution is 6.17. The molecule has 2 aromatic heterocycles. The van der Waals surface area contributed by atoms with Crippen molar-refractivity contribution in [3.05, 3.63) is 152 Å². The zero-order chi connectivity index (χ0) is 30.9. The summed E-state index contributed by atoms with van der Waals surface area (Å²) in [6.07, 6.45) is 0. The van der Waals surface area contributed by atoms with E-state index in [2.05, 4.69) is 138 Å². The van der Waals surface area contributed by atoms with Gasteiger partial charge in [-0.15, -0.1) is 0 Å². The Bertz CT molecular complexity index is 2670. The van der Waals surface area contributed by atoms with Crippen LogP contribution in [0.4, 0.5) is 0 Å². The number of nitrogens with zero attached hydrogens (tertiary/aromatic N) is 3. The maximum atomic E-state index is 5.24. The fraction of sp³-hybridized carbons (Fsp3) is 0. The monoisotopic (exact) mass is 598 g/mol. The first-order chi connectivity index (χ1) is 23.3. The van der Waals surface area contributed by atoms with E-state index in [0.29, 0.717) is 17.5 Å². The summed E-state index contributed by atoms with van der Waals surface area (Å²) < 4.78 is 0. The van der Waals surface area contributed by atoms with E-state index in [0.717, 1.165) is 38.5 Å². The first kappa shape index (κ1) is 25.9. The Hall–Kier alpha value is -6.39. The van der Waals surface area contributed by atoms with Crippen LogP contribution < -0.4 is 0 Å². The van der Waals surface area contributed by atoms with E-state index in [4.69, 9.17) is 15.0 Å². The number of H-pyrrole nitrogens is 1. The molecule has 7 aromatic carbocycles. The molecule has 0 bridgehead atoms. The average molecular weight is 599 g/mol. The van der Waals surface area contributed by atoms with E-state index in [-0.39, 0.29) is 0 Å². The summed E-state index contributed by atoms with van der Waals surface area (Å²) in [5, 5.41) is 4.71. The zero-order valence-electron chi connectivity index (χ0n) is 25.3. The Labute approximate surface area is 271 Å². The highest BCUT2D eigenvalue weighted by Crippen LogP contribution is 2.48. The van der Waals surface area contributed by atoms with Crippen molar-refractivity contribution in [2.45, 2.75) is 0 Å². The Morgan fingerprint density at radius 1 is 0.340 bits per heavy atom. The molecule has 47 heavy (non-hydrogen) atoms. The molecule has 4 nitrogen and oxygen atoms in total. The molecule has 1 aliphatic rings. The second-order valence-electron chi connectivity index (χ2n) is 12.1. The fourth-order valence-corrected chi connectivity index (χ4v) is 7.24. The standard InChI is InChI=1S/C43H26N4/c1-3-11-26(12-4-1)28-21-22-37-36(24-28)40-34(19-10-20-38(40)44-37)43-46-41(27-13-5-2-6-14-27)45-42(47-43)30-23-29-15-9-18-33-31-16-7-8-17-32(31)35(25-30)39(29)33/h1-25,44H. The third kappa shape index (κ3) is 4.05. The molecule has 9 aromatic rings. The minimum atomic E-state index is 0.649. The maximum absolute atomic E-state index is 5.24. The number of benzene rings is 7. The maximum Gasteiger partial charge on any atom is 0.164 e. The highest BCUT2D eigenvalue weighted by Gasteiger charge is 2.23. The molecule has 0 saturated heterocycles. The van der Waals surface area contributed by atoms with Gasteiger partial charge in [0.2, 0.25) is 0 Å². The number of rotatable bonds is 4. The average Bonchev–Trinajstić information content (AvgIpc) is 3.68. The number of aromatic nitrogens is 4. The van der Waals surface area contributed by atoms with Gasteiger partial charge in [0, 0.05) is 38.5 Å². The van der Waals surface area contributed by atoms with Gasteiger partial charge >= 0.3 is 0 Å². The lowest BCUT2D eigenvalue weighted by atomic mass is 9.99. The molecule has 218 valence electrons. The van der Waals surface area contributed by atoms with Crippen LogP contribution in [0.1, 0.15) is 0 Å². The Morgan fingerprint density at radius 2 is 0.979 bits per heavy atom. The summed E-state index contributed by atoms with van der Waals surface area (Å²) in [6, 6.07) is 53.3. The lowest BCUT2D eigenvalue weighted by Gasteiger charge is -2.11. The molecule has 0 fully saturated rings. The van der Waals surface area contributed by atoms with E-state index in [1.165, 1.54) is 44.2 Å². The van der Waals surface area contributed by atoms with Crippen molar-refractivity contribution < 1.29 is 0 Å². The Balaban J connectivity index is 1.23. The van der Waals surface area contributed by atoms with Crippen molar-refractivity contribution in [3.63, 3.8) is 0 Å². The lowest BCUT2D eigenvalue weighted by molar-refractivity contribution is 1.08. The molecular formula is C43H26N4. The van der Waals surface area contributed by atoms with Gasteiger partial charge in [-0.05, 0) is 74.5 Å². The minimum absolute atomic E-state index is 0.649. The second-order valence-corrected chi connectivity index (χ2v) is 12.1. The summed E-state index contributed by atoms with van der Waals surface area (Å²) >= 11 is 0. The third-order valence-corrected chi connectivity index (χ3v) is 9.38. The number of hydrogen-bond donors (Lipinski definition) is 1. The van der Waals surface area contributed by atoms with Crippen molar-refractivity contribution >= 4 is 32.6 Å². The Morgan fingerprint density at radius 3 is 1.79 bits per heavy atom. The molecule has 4 heteroatoms. The normalized spacial score (nSPS) is 11.8. The smallest absolute Gasteiger partial charge is 0.164 e. The van der Waals surface area contributed by atoms with Crippen LogP contribution in [0, 0.1) is 0 Å².